The average molecular weight is 643 g/mol. The lowest BCUT2D eigenvalue weighted by Gasteiger charge is -2.32. The molecular formula is C29H32F6N6O4. The molecule has 0 bridgehead atoms. The van der Waals surface area contributed by atoms with Gasteiger partial charge in [0.05, 0.1) is 18.8 Å². The number of nitrogens with one attached hydrogen (secondary N) is 2. The first-order valence-electron chi connectivity index (χ1n) is 14.0. The van der Waals surface area contributed by atoms with Gasteiger partial charge < -0.3 is 30.6 Å². The minimum atomic E-state index is -4.99. The number of nitrogens with zero attached hydrogens (tertiary/aromatic N) is 3. The van der Waals surface area contributed by atoms with Crippen molar-refractivity contribution in [1.29, 1.82) is 0 Å². The van der Waals surface area contributed by atoms with Crippen LogP contribution in [0.5, 0.6) is 17.2 Å². The van der Waals surface area contributed by atoms with Gasteiger partial charge in [0.2, 0.25) is 5.95 Å². The number of hydrogen-bond donors (Lipinski definition) is 3. The fraction of sp³-hybridized carbons (Fsp3) is 0.414. The van der Waals surface area contributed by atoms with Gasteiger partial charge in [-0.25, -0.2) is 9.97 Å². The number of carbonyl (C=O) groups is 1. The van der Waals surface area contributed by atoms with Crippen LogP contribution in [0.1, 0.15) is 48.3 Å². The fourth-order valence-corrected chi connectivity index (χ4v) is 4.74. The summed E-state index contributed by atoms with van der Waals surface area (Å²) >= 11 is 0. The molecule has 2 heterocycles. The van der Waals surface area contributed by atoms with Crippen molar-refractivity contribution in [1.82, 2.24) is 14.9 Å². The van der Waals surface area contributed by atoms with E-state index in [0.29, 0.717) is 62.9 Å². The topological polar surface area (TPSA) is 124 Å². The van der Waals surface area contributed by atoms with Crippen molar-refractivity contribution in [2.24, 2.45) is 0 Å². The van der Waals surface area contributed by atoms with Gasteiger partial charge in [-0.3, -0.25) is 9.69 Å². The highest BCUT2D eigenvalue weighted by Gasteiger charge is 2.38. The number of alkyl halides is 6. The molecule has 1 aliphatic rings. The van der Waals surface area contributed by atoms with E-state index in [1.807, 2.05) is 26.0 Å². The molecule has 0 spiro atoms. The molecule has 1 aliphatic heterocycles. The molecule has 45 heavy (non-hydrogen) atoms. The number of hydrogen-bond acceptors (Lipinski definition) is 9. The lowest BCUT2D eigenvalue weighted by atomic mass is 10.0. The first-order chi connectivity index (χ1) is 21.3. The zero-order valence-electron chi connectivity index (χ0n) is 24.4. The van der Waals surface area contributed by atoms with Crippen molar-refractivity contribution < 1.29 is 45.3 Å². The summed E-state index contributed by atoms with van der Waals surface area (Å²) in [5.74, 6) is -0.948. The molecule has 3 aromatic rings. The zero-order chi connectivity index (χ0) is 32.8. The molecule has 4 rings (SSSR count). The predicted molar refractivity (Wildman–Crippen MR) is 153 cm³/mol. The molecule has 1 saturated heterocycles. The Morgan fingerprint density at radius 2 is 1.60 bits per heavy atom. The second kappa shape index (κ2) is 14.1. The molecule has 0 aliphatic carbocycles. The van der Waals surface area contributed by atoms with E-state index in [1.54, 1.807) is 0 Å². The van der Waals surface area contributed by atoms with Crippen LogP contribution in [-0.2, 0) is 12.7 Å². The third-order valence-electron chi connectivity index (χ3n) is 6.74. The van der Waals surface area contributed by atoms with Gasteiger partial charge in [-0.05, 0) is 68.7 Å². The molecule has 1 fully saturated rings. The van der Waals surface area contributed by atoms with Crippen LogP contribution in [0.4, 0.5) is 43.7 Å². The van der Waals surface area contributed by atoms with Crippen molar-refractivity contribution in [3.8, 4) is 17.2 Å². The van der Waals surface area contributed by atoms with Gasteiger partial charge in [-0.1, -0.05) is 0 Å². The number of ether oxygens (including phenoxy) is 3. The van der Waals surface area contributed by atoms with E-state index < -0.39 is 35.5 Å². The van der Waals surface area contributed by atoms with E-state index in [9.17, 15) is 31.1 Å². The minimum absolute atomic E-state index is 0.0567. The lowest BCUT2D eigenvalue weighted by molar-refractivity contribution is -0.274. The van der Waals surface area contributed by atoms with Gasteiger partial charge in [0.25, 0.3) is 5.91 Å². The molecule has 244 valence electrons. The molecule has 16 heteroatoms. The van der Waals surface area contributed by atoms with Gasteiger partial charge in [0.15, 0.2) is 5.69 Å². The summed E-state index contributed by atoms with van der Waals surface area (Å²) in [6.07, 6.45) is -7.97. The Morgan fingerprint density at radius 1 is 1.00 bits per heavy atom. The number of rotatable bonds is 11. The van der Waals surface area contributed by atoms with Crippen LogP contribution in [0.15, 0.2) is 42.6 Å². The summed E-state index contributed by atoms with van der Waals surface area (Å²) < 4.78 is 93.8. The zero-order valence-corrected chi connectivity index (χ0v) is 24.4. The summed E-state index contributed by atoms with van der Waals surface area (Å²) in [5.41, 5.74) is 5.18. The lowest BCUT2D eigenvalue weighted by Crippen LogP contribution is -2.39. The van der Waals surface area contributed by atoms with Crippen LogP contribution >= 0.6 is 0 Å². The van der Waals surface area contributed by atoms with Crippen molar-refractivity contribution in [2.45, 2.75) is 51.8 Å². The van der Waals surface area contributed by atoms with Crippen LogP contribution in [0.3, 0.4) is 0 Å². The summed E-state index contributed by atoms with van der Waals surface area (Å²) in [6, 6.07) is 7.45. The predicted octanol–water partition coefficient (Wildman–Crippen LogP) is 6.10. The molecule has 10 nitrogen and oxygen atoms in total. The quantitative estimate of drug-likeness (QED) is 0.168. The van der Waals surface area contributed by atoms with Crippen molar-refractivity contribution in [2.75, 3.05) is 42.7 Å². The maximum atomic E-state index is 13.9. The van der Waals surface area contributed by atoms with E-state index in [1.165, 1.54) is 0 Å². The molecule has 2 aromatic carbocycles. The Labute approximate surface area is 254 Å². The van der Waals surface area contributed by atoms with E-state index in [-0.39, 0.29) is 17.7 Å². The standard InChI is InChI=1S/C29H32F6N6O4/c1-3-43-22-13-17(14-23(24(22)36)44-4-2)16-41-11-9-19(10-12-41)39-27-37-15-21(25(40-27)28(30,31)32)26(42)38-18-5-7-20(8-6-18)45-29(33,34)35/h5-8,13-15,19H,3-4,9-12,16,36H2,1-2H3,(H,38,42)(H,37,39,40). The van der Waals surface area contributed by atoms with Gasteiger partial charge in [0, 0.05) is 37.6 Å². The number of aromatic nitrogens is 2. The van der Waals surface area contributed by atoms with Crippen LogP contribution in [0.2, 0.25) is 0 Å². The van der Waals surface area contributed by atoms with Crippen LogP contribution in [0.25, 0.3) is 0 Å². The second-order valence-electron chi connectivity index (χ2n) is 10.0. The number of amides is 1. The van der Waals surface area contributed by atoms with Crippen molar-refractivity contribution in [3.63, 3.8) is 0 Å². The Bertz CT molecular complexity index is 1430. The number of halogens is 6. The Kier molecular flexibility index (Phi) is 10.5. The highest BCUT2D eigenvalue weighted by atomic mass is 19.4. The van der Waals surface area contributed by atoms with Crippen molar-refractivity contribution >= 4 is 23.2 Å². The molecule has 1 amide bonds. The normalized spacial score (nSPS) is 14.6. The third kappa shape index (κ3) is 9.26. The first kappa shape index (κ1) is 33.4. The molecular weight excluding hydrogens is 610 g/mol. The Balaban J connectivity index is 1.38. The number of piperidine rings is 1. The van der Waals surface area contributed by atoms with Gasteiger partial charge in [-0.2, -0.15) is 13.2 Å². The van der Waals surface area contributed by atoms with Gasteiger partial charge in [0.1, 0.15) is 22.9 Å². The maximum Gasteiger partial charge on any atom is 0.573 e. The number of benzene rings is 2. The molecule has 4 N–H and O–H groups in total. The van der Waals surface area contributed by atoms with E-state index in [2.05, 4.69) is 30.2 Å². The van der Waals surface area contributed by atoms with Crippen LogP contribution < -0.4 is 30.6 Å². The fourth-order valence-electron chi connectivity index (χ4n) is 4.74. The Morgan fingerprint density at radius 3 is 2.13 bits per heavy atom. The first-order valence-corrected chi connectivity index (χ1v) is 14.0. The molecule has 1 aromatic heterocycles. The number of anilines is 3. The minimum Gasteiger partial charge on any atom is -0.492 e. The highest BCUT2D eigenvalue weighted by molar-refractivity contribution is 6.05. The highest BCUT2D eigenvalue weighted by Crippen LogP contribution is 2.35. The second-order valence-corrected chi connectivity index (χ2v) is 10.0. The summed E-state index contributed by atoms with van der Waals surface area (Å²) in [6.45, 7) is 6.46. The average Bonchev–Trinajstić information content (AvgIpc) is 2.96. The monoisotopic (exact) mass is 642 g/mol. The number of carbonyl (C=O) groups excluding carboxylic acids is 1. The Hall–Kier alpha value is -4.47. The molecule has 0 radical (unpaired) electrons. The third-order valence-corrected chi connectivity index (χ3v) is 6.74. The summed E-state index contributed by atoms with van der Waals surface area (Å²) in [5, 5.41) is 5.14. The summed E-state index contributed by atoms with van der Waals surface area (Å²) in [4.78, 5) is 22.4. The van der Waals surface area contributed by atoms with Crippen LogP contribution in [-0.4, -0.2) is 59.5 Å². The summed E-state index contributed by atoms with van der Waals surface area (Å²) in [7, 11) is 0. The number of nitrogens with two attached hydrogens (primary N) is 1. The van der Waals surface area contributed by atoms with E-state index in [4.69, 9.17) is 15.2 Å². The molecule has 0 atom stereocenters. The largest absolute Gasteiger partial charge is 0.573 e. The SMILES string of the molecule is CCOc1cc(CN2CCC(Nc3ncc(C(=O)Nc4ccc(OC(F)(F)F)cc4)c(C(F)(F)F)n3)CC2)cc(OCC)c1N. The van der Waals surface area contributed by atoms with Gasteiger partial charge in [-0.15, -0.1) is 13.2 Å². The smallest absolute Gasteiger partial charge is 0.492 e. The molecule has 0 saturated carbocycles. The van der Waals surface area contributed by atoms with E-state index in [0.717, 1.165) is 36.0 Å². The van der Waals surface area contributed by atoms with Gasteiger partial charge >= 0.3 is 12.5 Å². The number of nitrogen functional groups attached to an aromatic ring is 1. The van der Waals surface area contributed by atoms with E-state index >= 15 is 0 Å². The number of likely N-dealkylation sites (tertiary alicyclic amines) is 1. The maximum absolute atomic E-state index is 13.9. The van der Waals surface area contributed by atoms with Crippen molar-refractivity contribution in [3.05, 3.63) is 59.4 Å². The van der Waals surface area contributed by atoms with Crippen LogP contribution in [0, 0.1) is 0 Å². The molecule has 0 unspecified atom stereocenters.